The molecule has 1 saturated heterocycles. The number of hydrogen-bond donors (Lipinski definition) is 3. The fourth-order valence-corrected chi connectivity index (χ4v) is 2.57. The molecule has 0 bridgehead atoms. The highest BCUT2D eigenvalue weighted by molar-refractivity contribution is 6.38. The van der Waals surface area contributed by atoms with E-state index in [4.69, 9.17) is 4.74 Å². The van der Waals surface area contributed by atoms with Gasteiger partial charge in [0.05, 0.1) is 6.04 Å². The molecule has 1 aromatic rings. The smallest absolute Gasteiger partial charge is 0.408 e. The summed E-state index contributed by atoms with van der Waals surface area (Å²) in [5, 5.41) is 7.42. The van der Waals surface area contributed by atoms with Crippen LogP contribution in [0.15, 0.2) is 42.5 Å². The van der Waals surface area contributed by atoms with Gasteiger partial charge in [0.1, 0.15) is 12.6 Å². The zero-order valence-corrected chi connectivity index (χ0v) is 15.1. The van der Waals surface area contributed by atoms with E-state index < -0.39 is 35.8 Å². The van der Waals surface area contributed by atoms with Crippen molar-refractivity contribution in [2.75, 3.05) is 6.54 Å². The van der Waals surface area contributed by atoms with Crippen molar-refractivity contribution in [3.05, 3.63) is 48.0 Å². The standard InChI is InChI=1S/C19H23N3O5/c1-12(2)15(22-19(26)27-11-13-7-4-3-5-8-13)17(24)21-14-9-6-10-20-18(25)16(14)23/h3-5,7-8,14-15H,1,6,9-11H2,2H3,(H,20,25)(H,21,24)(H,22,26)/t14?,15-/m0/s1. The van der Waals surface area contributed by atoms with Crippen LogP contribution in [0.1, 0.15) is 25.3 Å². The molecular weight excluding hydrogens is 350 g/mol. The third-order valence-electron chi connectivity index (χ3n) is 4.04. The van der Waals surface area contributed by atoms with Gasteiger partial charge in [-0.3, -0.25) is 14.4 Å². The Kier molecular flexibility index (Phi) is 7.10. The van der Waals surface area contributed by atoms with E-state index in [2.05, 4.69) is 22.5 Å². The number of ketones is 1. The summed E-state index contributed by atoms with van der Waals surface area (Å²) in [6, 6.07) is 7.09. The highest BCUT2D eigenvalue weighted by atomic mass is 16.5. The summed E-state index contributed by atoms with van der Waals surface area (Å²) in [5.74, 6) is -2.04. The SMILES string of the molecule is C=C(C)[C@H](NC(=O)OCc1ccccc1)C(=O)NC1CCCNC(=O)C1=O. The maximum Gasteiger partial charge on any atom is 0.408 e. The number of ether oxygens (including phenoxy) is 1. The molecule has 3 amide bonds. The van der Waals surface area contributed by atoms with Crippen LogP contribution in [0.25, 0.3) is 0 Å². The summed E-state index contributed by atoms with van der Waals surface area (Å²) < 4.78 is 5.10. The monoisotopic (exact) mass is 373 g/mol. The first-order chi connectivity index (χ1) is 12.9. The first-order valence-electron chi connectivity index (χ1n) is 8.63. The number of rotatable bonds is 6. The maximum atomic E-state index is 12.5. The van der Waals surface area contributed by atoms with Gasteiger partial charge < -0.3 is 20.7 Å². The molecule has 27 heavy (non-hydrogen) atoms. The molecule has 1 aromatic carbocycles. The third-order valence-corrected chi connectivity index (χ3v) is 4.04. The van der Waals surface area contributed by atoms with Gasteiger partial charge in [0.25, 0.3) is 5.91 Å². The molecule has 0 radical (unpaired) electrons. The van der Waals surface area contributed by atoms with Gasteiger partial charge in [0, 0.05) is 6.54 Å². The van der Waals surface area contributed by atoms with E-state index >= 15 is 0 Å². The number of carbonyl (C=O) groups is 4. The first kappa shape index (κ1) is 20.2. The van der Waals surface area contributed by atoms with Gasteiger partial charge in [0.2, 0.25) is 11.7 Å². The van der Waals surface area contributed by atoms with Crippen LogP contribution in [0.3, 0.4) is 0 Å². The third kappa shape index (κ3) is 5.95. The van der Waals surface area contributed by atoms with Crippen molar-refractivity contribution in [3.63, 3.8) is 0 Å². The lowest BCUT2D eigenvalue weighted by Gasteiger charge is -2.21. The Balaban J connectivity index is 1.93. The largest absolute Gasteiger partial charge is 0.445 e. The minimum Gasteiger partial charge on any atom is -0.445 e. The highest BCUT2D eigenvalue weighted by Crippen LogP contribution is 2.07. The molecule has 0 saturated carbocycles. The second kappa shape index (κ2) is 9.51. The fraction of sp³-hybridized carbons (Fsp3) is 0.368. The molecule has 0 aliphatic carbocycles. The second-order valence-corrected chi connectivity index (χ2v) is 6.31. The van der Waals surface area contributed by atoms with Crippen molar-refractivity contribution in [1.29, 1.82) is 0 Å². The lowest BCUT2D eigenvalue weighted by Crippen LogP contribution is -2.53. The van der Waals surface area contributed by atoms with Crippen molar-refractivity contribution in [3.8, 4) is 0 Å². The molecule has 1 fully saturated rings. The van der Waals surface area contributed by atoms with Crippen LogP contribution < -0.4 is 16.0 Å². The van der Waals surface area contributed by atoms with Crippen molar-refractivity contribution in [2.24, 2.45) is 0 Å². The Morgan fingerprint density at radius 1 is 1.30 bits per heavy atom. The van der Waals surface area contributed by atoms with Gasteiger partial charge in [-0.1, -0.05) is 36.9 Å². The van der Waals surface area contributed by atoms with Crippen LogP contribution in [-0.2, 0) is 25.7 Å². The zero-order valence-electron chi connectivity index (χ0n) is 15.1. The summed E-state index contributed by atoms with van der Waals surface area (Å²) in [7, 11) is 0. The average molecular weight is 373 g/mol. The zero-order chi connectivity index (χ0) is 19.8. The molecule has 1 aliphatic heterocycles. The van der Waals surface area contributed by atoms with Crippen molar-refractivity contribution in [2.45, 2.75) is 38.5 Å². The van der Waals surface area contributed by atoms with Crippen LogP contribution >= 0.6 is 0 Å². The summed E-state index contributed by atoms with van der Waals surface area (Å²) in [6.07, 6.45) is 0.115. The molecule has 1 heterocycles. The Bertz CT molecular complexity index is 732. The van der Waals surface area contributed by atoms with Crippen molar-refractivity contribution < 1.29 is 23.9 Å². The normalized spacial score (nSPS) is 17.9. The molecule has 3 N–H and O–H groups in total. The fourth-order valence-electron chi connectivity index (χ4n) is 2.57. The molecule has 2 rings (SSSR count). The molecule has 8 heteroatoms. The van der Waals surface area contributed by atoms with Crippen molar-refractivity contribution in [1.82, 2.24) is 16.0 Å². The molecule has 1 aliphatic rings. The number of alkyl carbamates (subject to hydrolysis) is 1. The quantitative estimate of drug-likeness (QED) is 0.505. The summed E-state index contributed by atoms with van der Waals surface area (Å²) in [4.78, 5) is 48.1. The van der Waals surface area contributed by atoms with Gasteiger partial charge >= 0.3 is 6.09 Å². The van der Waals surface area contributed by atoms with E-state index in [9.17, 15) is 19.2 Å². The van der Waals surface area contributed by atoms with Crippen LogP contribution in [0, 0.1) is 0 Å². The Morgan fingerprint density at radius 2 is 2.00 bits per heavy atom. The van der Waals surface area contributed by atoms with Gasteiger partial charge in [-0.05, 0) is 30.9 Å². The van der Waals surface area contributed by atoms with Gasteiger partial charge in [-0.25, -0.2) is 4.79 Å². The molecule has 0 aromatic heterocycles. The van der Waals surface area contributed by atoms with E-state index in [-0.39, 0.29) is 6.61 Å². The van der Waals surface area contributed by atoms with E-state index in [1.165, 1.54) is 0 Å². The van der Waals surface area contributed by atoms with E-state index in [0.717, 1.165) is 5.56 Å². The number of benzene rings is 1. The predicted molar refractivity (Wildman–Crippen MR) is 97.5 cm³/mol. The number of nitrogens with one attached hydrogen (secondary N) is 3. The van der Waals surface area contributed by atoms with Gasteiger partial charge in [0.15, 0.2) is 0 Å². The summed E-state index contributed by atoms with van der Waals surface area (Å²) in [6.45, 7) is 5.70. The average Bonchev–Trinajstić information content (AvgIpc) is 2.80. The molecule has 144 valence electrons. The Labute approximate surface area is 157 Å². The number of amides is 3. The van der Waals surface area contributed by atoms with E-state index in [1.54, 1.807) is 19.1 Å². The van der Waals surface area contributed by atoms with Crippen LogP contribution in [0.4, 0.5) is 4.79 Å². The number of hydrogen-bond acceptors (Lipinski definition) is 5. The lowest BCUT2D eigenvalue weighted by atomic mass is 10.1. The summed E-state index contributed by atoms with van der Waals surface area (Å²) in [5.41, 5.74) is 1.17. The molecule has 1 unspecified atom stereocenters. The van der Waals surface area contributed by atoms with Crippen LogP contribution in [-0.4, -0.2) is 42.3 Å². The second-order valence-electron chi connectivity index (χ2n) is 6.31. The van der Waals surface area contributed by atoms with Gasteiger partial charge in [-0.2, -0.15) is 0 Å². The molecule has 2 atom stereocenters. The molecule has 8 nitrogen and oxygen atoms in total. The maximum absolute atomic E-state index is 12.5. The number of carbonyl (C=O) groups excluding carboxylic acids is 4. The van der Waals surface area contributed by atoms with Crippen LogP contribution in [0.5, 0.6) is 0 Å². The molecular formula is C19H23N3O5. The lowest BCUT2D eigenvalue weighted by molar-refractivity contribution is -0.139. The minimum atomic E-state index is -1.08. The first-order valence-corrected chi connectivity index (χ1v) is 8.63. The molecule has 0 spiro atoms. The van der Waals surface area contributed by atoms with Crippen LogP contribution in [0.2, 0.25) is 0 Å². The Hall–Kier alpha value is -3.16. The predicted octanol–water partition coefficient (Wildman–Crippen LogP) is 0.821. The number of Topliss-reactive ketones (excluding diaryl/α,β-unsaturated/α-hetero) is 1. The van der Waals surface area contributed by atoms with E-state index in [0.29, 0.717) is 25.0 Å². The van der Waals surface area contributed by atoms with E-state index in [1.807, 2.05) is 18.2 Å². The van der Waals surface area contributed by atoms with Crippen molar-refractivity contribution >= 4 is 23.7 Å². The van der Waals surface area contributed by atoms with Gasteiger partial charge in [-0.15, -0.1) is 0 Å². The summed E-state index contributed by atoms with van der Waals surface area (Å²) >= 11 is 0. The topological polar surface area (TPSA) is 114 Å². The highest BCUT2D eigenvalue weighted by Gasteiger charge is 2.31. The minimum absolute atomic E-state index is 0.0541. The Morgan fingerprint density at radius 3 is 2.67 bits per heavy atom.